The Kier molecular flexibility index (Phi) is 6.48. The van der Waals surface area contributed by atoms with Gasteiger partial charge in [-0.25, -0.2) is 0 Å². The van der Waals surface area contributed by atoms with Crippen LogP contribution >= 0.6 is 22.9 Å². The number of halogens is 1. The number of nitrogens with one attached hydrogen (secondary N) is 1. The lowest BCUT2D eigenvalue weighted by Gasteiger charge is -2.28. The molecule has 0 aliphatic carbocycles. The number of hydrogen-bond donors (Lipinski definition) is 1. The number of hydrogen-bond acceptors (Lipinski definition) is 4. The average Bonchev–Trinajstić information content (AvgIpc) is 2.85. The molecule has 1 N–H and O–H groups in total. The summed E-state index contributed by atoms with van der Waals surface area (Å²) in [5.74, 6) is 0.823. The second-order valence-corrected chi connectivity index (χ2v) is 7.66. The lowest BCUT2D eigenvalue weighted by atomic mass is 9.99. The van der Waals surface area contributed by atoms with Gasteiger partial charge in [0.15, 0.2) is 0 Å². The van der Waals surface area contributed by atoms with Gasteiger partial charge in [0, 0.05) is 18.5 Å². The molecule has 1 fully saturated rings. The normalized spacial score (nSPS) is 19.0. The number of likely N-dealkylation sites (N-methyl/N-ethyl adjacent to an activating group) is 2. The third-order valence-electron chi connectivity index (χ3n) is 3.82. The Hall–Kier alpha value is -0.620. The lowest BCUT2D eigenvalue weighted by molar-refractivity contribution is -0.131. The third kappa shape index (κ3) is 5.58. The van der Waals surface area contributed by atoms with E-state index in [-0.39, 0.29) is 5.91 Å². The van der Waals surface area contributed by atoms with Gasteiger partial charge in [-0.2, -0.15) is 0 Å². The maximum atomic E-state index is 12.2. The summed E-state index contributed by atoms with van der Waals surface area (Å²) in [5.41, 5.74) is 0. The quantitative estimate of drug-likeness (QED) is 0.870. The molecule has 1 aromatic rings. The fourth-order valence-corrected chi connectivity index (χ4v) is 3.84. The van der Waals surface area contributed by atoms with E-state index in [1.54, 1.807) is 4.90 Å². The molecule has 4 nitrogen and oxygen atoms in total. The van der Waals surface area contributed by atoms with Crippen LogP contribution in [0, 0.1) is 5.92 Å². The highest BCUT2D eigenvalue weighted by molar-refractivity contribution is 7.16. The monoisotopic (exact) mass is 329 g/mol. The zero-order chi connectivity index (χ0) is 15.2. The van der Waals surface area contributed by atoms with Crippen molar-refractivity contribution >= 4 is 28.8 Å². The van der Waals surface area contributed by atoms with E-state index < -0.39 is 0 Å². The van der Waals surface area contributed by atoms with Gasteiger partial charge in [-0.1, -0.05) is 11.6 Å². The van der Waals surface area contributed by atoms with Crippen LogP contribution in [0.1, 0.15) is 17.7 Å². The van der Waals surface area contributed by atoms with E-state index in [9.17, 15) is 4.79 Å². The number of amides is 1. The van der Waals surface area contributed by atoms with Crippen molar-refractivity contribution in [3.63, 3.8) is 0 Å². The molecule has 0 saturated carbocycles. The Labute approximate surface area is 136 Å². The maximum absolute atomic E-state index is 12.2. The van der Waals surface area contributed by atoms with Gasteiger partial charge in [0.05, 0.1) is 17.4 Å². The van der Waals surface area contributed by atoms with Gasteiger partial charge in [-0.05, 0) is 51.0 Å². The molecule has 1 aromatic heterocycles. The Bertz CT molecular complexity index is 460. The van der Waals surface area contributed by atoms with Crippen molar-refractivity contribution in [2.24, 2.45) is 5.92 Å². The second-order valence-electron chi connectivity index (χ2n) is 5.86. The minimum Gasteiger partial charge on any atom is -0.340 e. The topological polar surface area (TPSA) is 35.6 Å². The van der Waals surface area contributed by atoms with Gasteiger partial charge in [-0.3, -0.25) is 9.69 Å². The molecular formula is C15H24ClN3OS. The van der Waals surface area contributed by atoms with Crippen LogP contribution in [-0.2, 0) is 11.3 Å². The summed E-state index contributed by atoms with van der Waals surface area (Å²) < 4.78 is 0.771. The first-order valence-electron chi connectivity index (χ1n) is 7.42. The van der Waals surface area contributed by atoms with Gasteiger partial charge >= 0.3 is 0 Å². The number of carbonyl (C=O) groups is 1. The minimum absolute atomic E-state index is 0.158. The molecule has 2 rings (SSSR count). The largest absolute Gasteiger partial charge is 0.340 e. The highest BCUT2D eigenvalue weighted by atomic mass is 35.5. The predicted octanol–water partition coefficient (Wildman–Crippen LogP) is 2.29. The van der Waals surface area contributed by atoms with E-state index in [0.717, 1.165) is 28.8 Å². The summed E-state index contributed by atoms with van der Waals surface area (Å²) in [4.78, 5) is 17.3. The molecule has 1 saturated heterocycles. The van der Waals surface area contributed by atoms with E-state index in [4.69, 9.17) is 11.6 Å². The molecule has 0 bridgehead atoms. The molecule has 1 atom stereocenters. The van der Waals surface area contributed by atoms with Crippen molar-refractivity contribution in [3.05, 3.63) is 21.3 Å². The smallest absolute Gasteiger partial charge is 0.236 e. The van der Waals surface area contributed by atoms with Crippen molar-refractivity contribution < 1.29 is 4.79 Å². The van der Waals surface area contributed by atoms with Gasteiger partial charge in [0.1, 0.15) is 0 Å². The summed E-state index contributed by atoms with van der Waals surface area (Å²) in [6, 6.07) is 3.86. The van der Waals surface area contributed by atoms with Crippen molar-refractivity contribution in [1.82, 2.24) is 15.1 Å². The summed E-state index contributed by atoms with van der Waals surface area (Å²) >= 11 is 7.45. The molecule has 0 spiro atoms. The first-order valence-corrected chi connectivity index (χ1v) is 8.61. The zero-order valence-corrected chi connectivity index (χ0v) is 14.3. The molecule has 1 amide bonds. The number of piperidine rings is 1. The fraction of sp³-hybridized carbons (Fsp3) is 0.667. The van der Waals surface area contributed by atoms with E-state index in [0.29, 0.717) is 19.0 Å². The molecule has 0 aromatic carbocycles. The standard InChI is InChI=1S/C15H24ClN3OS/c1-18(9-12-4-3-7-17-8-12)11-15(20)19(2)10-13-5-6-14(16)21-13/h5-6,12,17H,3-4,7-11H2,1-2H3. The summed E-state index contributed by atoms with van der Waals surface area (Å²) in [6.07, 6.45) is 2.50. The van der Waals surface area contributed by atoms with Crippen LogP contribution in [0.4, 0.5) is 0 Å². The SMILES string of the molecule is CN(CC(=O)N(C)Cc1ccc(Cl)s1)CC1CCCNC1. The van der Waals surface area contributed by atoms with Crippen LogP contribution in [0.15, 0.2) is 12.1 Å². The Balaban J connectivity index is 1.74. The molecule has 6 heteroatoms. The van der Waals surface area contributed by atoms with E-state index in [1.165, 1.54) is 24.2 Å². The van der Waals surface area contributed by atoms with Crippen LogP contribution in [0.25, 0.3) is 0 Å². The van der Waals surface area contributed by atoms with Gasteiger partial charge in [0.2, 0.25) is 5.91 Å². The van der Waals surface area contributed by atoms with Crippen molar-refractivity contribution in [2.75, 3.05) is 40.3 Å². The molecule has 1 aliphatic rings. The van der Waals surface area contributed by atoms with E-state index >= 15 is 0 Å². The van der Waals surface area contributed by atoms with Crippen molar-refractivity contribution in [1.29, 1.82) is 0 Å². The number of nitrogens with zero attached hydrogens (tertiary/aromatic N) is 2. The van der Waals surface area contributed by atoms with Crippen LogP contribution in [-0.4, -0.2) is 56.0 Å². The number of carbonyl (C=O) groups excluding carboxylic acids is 1. The number of thiophene rings is 1. The van der Waals surface area contributed by atoms with Gasteiger partial charge < -0.3 is 10.2 Å². The second kappa shape index (κ2) is 8.13. The molecule has 0 radical (unpaired) electrons. The predicted molar refractivity (Wildman–Crippen MR) is 88.9 cm³/mol. The first kappa shape index (κ1) is 16.7. The summed E-state index contributed by atoms with van der Waals surface area (Å²) in [7, 11) is 3.88. The average molecular weight is 330 g/mol. The fourth-order valence-electron chi connectivity index (χ4n) is 2.70. The Morgan fingerprint density at radius 3 is 2.90 bits per heavy atom. The third-order valence-corrected chi connectivity index (χ3v) is 5.04. The van der Waals surface area contributed by atoms with Crippen LogP contribution in [0.3, 0.4) is 0 Å². The Morgan fingerprint density at radius 2 is 2.29 bits per heavy atom. The highest BCUT2D eigenvalue weighted by Gasteiger charge is 2.18. The molecular weight excluding hydrogens is 306 g/mol. The summed E-state index contributed by atoms with van der Waals surface area (Å²) in [5, 5.41) is 3.42. The molecule has 21 heavy (non-hydrogen) atoms. The number of rotatable bonds is 6. The molecule has 1 unspecified atom stereocenters. The molecule has 2 heterocycles. The maximum Gasteiger partial charge on any atom is 0.236 e. The van der Waals surface area contributed by atoms with Crippen LogP contribution in [0.2, 0.25) is 4.34 Å². The minimum atomic E-state index is 0.158. The van der Waals surface area contributed by atoms with Crippen molar-refractivity contribution in [2.45, 2.75) is 19.4 Å². The molecule has 1 aliphatic heterocycles. The highest BCUT2D eigenvalue weighted by Crippen LogP contribution is 2.22. The van der Waals surface area contributed by atoms with Crippen LogP contribution < -0.4 is 5.32 Å². The van der Waals surface area contributed by atoms with Gasteiger partial charge in [-0.15, -0.1) is 11.3 Å². The van der Waals surface area contributed by atoms with Crippen molar-refractivity contribution in [3.8, 4) is 0 Å². The summed E-state index contributed by atoms with van der Waals surface area (Å²) in [6.45, 7) is 4.30. The van der Waals surface area contributed by atoms with Gasteiger partial charge in [0.25, 0.3) is 0 Å². The Morgan fingerprint density at radius 1 is 1.48 bits per heavy atom. The van der Waals surface area contributed by atoms with E-state index in [2.05, 4.69) is 10.2 Å². The zero-order valence-electron chi connectivity index (χ0n) is 12.8. The molecule has 118 valence electrons. The van der Waals surface area contributed by atoms with E-state index in [1.807, 2.05) is 26.2 Å². The first-order chi connectivity index (χ1) is 10.0. The lowest BCUT2D eigenvalue weighted by Crippen LogP contribution is -2.41. The van der Waals surface area contributed by atoms with Crippen LogP contribution in [0.5, 0.6) is 0 Å².